The zero-order chi connectivity index (χ0) is 12.4. The Bertz CT molecular complexity index is 253. The SMILES string of the molecule is O=C(NCC(F)(F)F)C1CCC(F)(F)CC1. The van der Waals surface area contributed by atoms with E-state index in [9.17, 15) is 26.7 Å². The van der Waals surface area contributed by atoms with Crippen LogP contribution in [0.1, 0.15) is 25.7 Å². The summed E-state index contributed by atoms with van der Waals surface area (Å²) in [6.45, 7) is -1.40. The molecule has 1 saturated carbocycles. The van der Waals surface area contributed by atoms with E-state index in [1.807, 2.05) is 0 Å². The van der Waals surface area contributed by atoms with E-state index in [1.54, 1.807) is 5.32 Å². The van der Waals surface area contributed by atoms with Gasteiger partial charge in [-0.3, -0.25) is 4.79 Å². The lowest BCUT2D eigenvalue weighted by molar-refractivity contribution is -0.143. The quantitative estimate of drug-likeness (QED) is 0.744. The summed E-state index contributed by atoms with van der Waals surface area (Å²) in [5, 5.41) is 1.71. The first-order valence-electron chi connectivity index (χ1n) is 4.92. The molecule has 0 aliphatic heterocycles. The molecule has 0 spiro atoms. The van der Waals surface area contributed by atoms with Crippen LogP contribution in [0.25, 0.3) is 0 Å². The maximum atomic E-state index is 12.7. The Hall–Kier alpha value is -0.880. The van der Waals surface area contributed by atoms with Gasteiger partial charge in [0.1, 0.15) is 6.54 Å². The number of hydrogen-bond donors (Lipinski definition) is 1. The van der Waals surface area contributed by atoms with E-state index < -0.39 is 43.3 Å². The first-order valence-corrected chi connectivity index (χ1v) is 4.92. The molecule has 0 radical (unpaired) electrons. The summed E-state index contributed by atoms with van der Waals surface area (Å²) in [6.07, 6.45) is -5.45. The van der Waals surface area contributed by atoms with Gasteiger partial charge >= 0.3 is 6.18 Å². The van der Waals surface area contributed by atoms with Crippen molar-refractivity contribution < 1.29 is 26.7 Å². The predicted octanol–water partition coefficient (Wildman–Crippen LogP) is 2.49. The Morgan fingerprint density at radius 3 is 2.19 bits per heavy atom. The Morgan fingerprint density at radius 1 is 1.25 bits per heavy atom. The standard InChI is InChI=1S/C9H12F5NO/c10-8(11)3-1-6(2-4-8)7(16)15-5-9(12,13)14/h6H,1-5H2,(H,15,16). The second-order valence-electron chi connectivity index (χ2n) is 3.96. The van der Waals surface area contributed by atoms with Crippen molar-refractivity contribution in [2.24, 2.45) is 5.92 Å². The molecule has 0 saturated heterocycles. The second-order valence-corrected chi connectivity index (χ2v) is 3.96. The van der Waals surface area contributed by atoms with Gasteiger partial charge in [-0.05, 0) is 12.8 Å². The minimum atomic E-state index is -4.46. The van der Waals surface area contributed by atoms with Crippen molar-refractivity contribution >= 4 is 5.91 Å². The van der Waals surface area contributed by atoms with Gasteiger partial charge < -0.3 is 5.32 Å². The molecule has 16 heavy (non-hydrogen) atoms. The van der Waals surface area contributed by atoms with Crippen molar-refractivity contribution in [2.75, 3.05) is 6.54 Å². The van der Waals surface area contributed by atoms with E-state index in [1.165, 1.54) is 0 Å². The molecule has 7 heteroatoms. The van der Waals surface area contributed by atoms with Gasteiger partial charge in [-0.2, -0.15) is 13.2 Å². The summed E-state index contributed by atoms with van der Waals surface area (Å²) in [5.74, 6) is -4.28. The Kier molecular flexibility index (Phi) is 3.75. The number of alkyl halides is 5. The third kappa shape index (κ3) is 4.32. The average Bonchev–Trinajstić information content (AvgIpc) is 2.13. The number of halogens is 5. The van der Waals surface area contributed by atoms with E-state index in [-0.39, 0.29) is 12.8 Å². The molecule has 0 aromatic rings. The lowest BCUT2D eigenvalue weighted by Gasteiger charge is -2.27. The summed E-state index contributed by atoms with van der Waals surface area (Å²) >= 11 is 0. The van der Waals surface area contributed by atoms with E-state index in [0.29, 0.717) is 0 Å². The number of nitrogens with one attached hydrogen (secondary N) is 1. The van der Waals surface area contributed by atoms with Crippen molar-refractivity contribution in [3.05, 3.63) is 0 Å². The largest absolute Gasteiger partial charge is 0.405 e. The average molecular weight is 245 g/mol. The summed E-state index contributed by atoms with van der Waals surface area (Å²) in [6, 6.07) is 0. The molecule has 1 aliphatic rings. The van der Waals surface area contributed by atoms with E-state index in [2.05, 4.69) is 0 Å². The molecule has 1 N–H and O–H groups in total. The van der Waals surface area contributed by atoms with Gasteiger partial charge in [0.25, 0.3) is 0 Å². The van der Waals surface area contributed by atoms with Crippen LogP contribution in [0.4, 0.5) is 22.0 Å². The molecule has 1 aliphatic carbocycles. The Morgan fingerprint density at radius 2 is 1.75 bits per heavy atom. The normalized spacial score (nSPS) is 21.8. The van der Waals surface area contributed by atoms with Crippen molar-refractivity contribution in [3.8, 4) is 0 Å². The molecule has 2 nitrogen and oxygen atoms in total. The van der Waals surface area contributed by atoms with E-state index >= 15 is 0 Å². The molecule has 0 heterocycles. The third-order valence-corrected chi connectivity index (χ3v) is 2.55. The van der Waals surface area contributed by atoms with Crippen LogP contribution in [0.15, 0.2) is 0 Å². The van der Waals surface area contributed by atoms with Gasteiger partial charge in [-0.1, -0.05) is 0 Å². The molecule has 94 valence electrons. The molecule has 1 amide bonds. The smallest absolute Gasteiger partial charge is 0.347 e. The molecule has 0 aromatic carbocycles. The Labute approximate surface area is 89.2 Å². The fourth-order valence-electron chi connectivity index (χ4n) is 1.63. The van der Waals surface area contributed by atoms with Crippen LogP contribution in [0, 0.1) is 5.92 Å². The second kappa shape index (κ2) is 4.55. The first-order chi connectivity index (χ1) is 7.20. The molecule has 1 fully saturated rings. The van der Waals surface area contributed by atoms with Crippen molar-refractivity contribution in [1.82, 2.24) is 5.32 Å². The molecule has 0 atom stereocenters. The van der Waals surface area contributed by atoms with Crippen molar-refractivity contribution in [2.45, 2.75) is 37.8 Å². The van der Waals surface area contributed by atoms with Crippen LogP contribution in [0.2, 0.25) is 0 Å². The summed E-state index contributed by atoms with van der Waals surface area (Å²) in [5.41, 5.74) is 0. The third-order valence-electron chi connectivity index (χ3n) is 2.55. The highest BCUT2D eigenvalue weighted by atomic mass is 19.4. The van der Waals surface area contributed by atoms with Crippen LogP contribution in [-0.4, -0.2) is 24.6 Å². The number of hydrogen-bond acceptors (Lipinski definition) is 1. The monoisotopic (exact) mass is 245 g/mol. The molecule has 0 aromatic heterocycles. The fourth-order valence-corrected chi connectivity index (χ4v) is 1.63. The molecule has 1 rings (SSSR count). The van der Waals surface area contributed by atoms with Gasteiger partial charge in [0.15, 0.2) is 0 Å². The topological polar surface area (TPSA) is 29.1 Å². The number of amides is 1. The van der Waals surface area contributed by atoms with Crippen LogP contribution in [-0.2, 0) is 4.79 Å². The van der Waals surface area contributed by atoms with Gasteiger partial charge in [-0.25, -0.2) is 8.78 Å². The highest BCUT2D eigenvalue weighted by molar-refractivity contribution is 5.78. The van der Waals surface area contributed by atoms with E-state index in [4.69, 9.17) is 0 Å². The van der Waals surface area contributed by atoms with Crippen LogP contribution >= 0.6 is 0 Å². The van der Waals surface area contributed by atoms with Gasteiger partial charge in [0.05, 0.1) is 0 Å². The zero-order valence-corrected chi connectivity index (χ0v) is 8.41. The number of carbonyl (C=O) groups is 1. The van der Waals surface area contributed by atoms with E-state index in [0.717, 1.165) is 0 Å². The maximum absolute atomic E-state index is 12.7. The van der Waals surface area contributed by atoms with Gasteiger partial charge in [-0.15, -0.1) is 0 Å². The van der Waals surface area contributed by atoms with Gasteiger partial charge in [0, 0.05) is 18.8 Å². The maximum Gasteiger partial charge on any atom is 0.405 e. The first kappa shape index (κ1) is 13.2. The van der Waals surface area contributed by atoms with Crippen LogP contribution in [0.5, 0.6) is 0 Å². The highest BCUT2D eigenvalue weighted by Crippen LogP contribution is 2.36. The molecule has 0 bridgehead atoms. The minimum Gasteiger partial charge on any atom is -0.347 e. The number of carbonyl (C=O) groups excluding carboxylic acids is 1. The fraction of sp³-hybridized carbons (Fsp3) is 0.889. The summed E-state index contributed by atoms with van der Waals surface area (Å²) < 4.78 is 60.7. The zero-order valence-electron chi connectivity index (χ0n) is 8.41. The number of rotatable bonds is 2. The van der Waals surface area contributed by atoms with Crippen molar-refractivity contribution in [1.29, 1.82) is 0 Å². The Balaban J connectivity index is 2.34. The van der Waals surface area contributed by atoms with Crippen LogP contribution in [0.3, 0.4) is 0 Å². The minimum absolute atomic E-state index is 0.0588. The lowest BCUT2D eigenvalue weighted by Crippen LogP contribution is -2.40. The van der Waals surface area contributed by atoms with Crippen molar-refractivity contribution in [3.63, 3.8) is 0 Å². The van der Waals surface area contributed by atoms with Gasteiger partial charge in [0.2, 0.25) is 11.8 Å². The molecular weight excluding hydrogens is 233 g/mol. The van der Waals surface area contributed by atoms with Crippen LogP contribution < -0.4 is 5.32 Å². The predicted molar refractivity (Wildman–Crippen MR) is 46.0 cm³/mol. The summed E-state index contributed by atoms with van der Waals surface area (Å²) in [7, 11) is 0. The lowest BCUT2D eigenvalue weighted by atomic mass is 9.86. The molecule has 0 unspecified atom stereocenters. The summed E-state index contributed by atoms with van der Waals surface area (Å²) in [4.78, 5) is 11.2. The highest BCUT2D eigenvalue weighted by Gasteiger charge is 2.38. The molecular formula is C9H12F5NO.